The van der Waals surface area contributed by atoms with E-state index >= 15 is 0 Å². The molecule has 4 aromatic rings. The maximum atomic E-state index is 12.3. The number of aryl methyl sites for hydroxylation is 1. The Morgan fingerprint density at radius 3 is 2.76 bits per heavy atom. The first kappa shape index (κ1) is 19.2. The Morgan fingerprint density at radius 1 is 1.17 bits per heavy atom. The van der Waals surface area contributed by atoms with E-state index in [2.05, 4.69) is 25.7 Å². The average molecular weight is 425 g/mol. The van der Waals surface area contributed by atoms with Crippen molar-refractivity contribution in [1.82, 2.24) is 25.2 Å². The van der Waals surface area contributed by atoms with Crippen molar-refractivity contribution in [2.45, 2.75) is 19.9 Å². The van der Waals surface area contributed by atoms with E-state index in [9.17, 15) is 4.79 Å². The Kier molecular flexibility index (Phi) is 5.64. The molecule has 0 aliphatic rings. The Morgan fingerprint density at radius 2 is 1.97 bits per heavy atom. The number of hydrogen-bond acceptors (Lipinski definition) is 6. The second-order valence-corrected chi connectivity index (χ2v) is 7.80. The zero-order valence-electron chi connectivity index (χ0n) is 15.5. The number of nitrogens with zero attached hydrogens (tertiary/aromatic N) is 5. The lowest BCUT2D eigenvalue weighted by molar-refractivity contribution is -0.115. The zero-order valence-corrected chi connectivity index (χ0v) is 17.1. The summed E-state index contributed by atoms with van der Waals surface area (Å²) in [5, 5.41) is 18.7. The van der Waals surface area contributed by atoms with Crippen molar-refractivity contribution in [3.8, 4) is 11.4 Å². The van der Waals surface area contributed by atoms with E-state index in [0.29, 0.717) is 17.4 Å². The fourth-order valence-corrected chi connectivity index (χ4v) is 3.63. The van der Waals surface area contributed by atoms with Crippen molar-refractivity contribution in [1.29, 1.82) is 0 Å². The molecule has 0 aliphatic carbocycles. The quantitative estimate of drug-likeness (QED) is 0.505. The monoisotopic (exact) mass is 424 g/mol. The molecule has 0 saturated carbocycles. The second-order valence-electron chi connectivity index (χ2n) is 6.42. The lowest BCUT2D eigenvalue weighted by Gasteiger charge is -2.06. The van der Waals surface area contributed by atoms with Crippen LogP contribution in [0.3, 0.4) is 0 Å². The molecule has 7 nitrogen and oxygen atoms in total. The van der Waals surface area contributed by atoms with Crippen molar-refractivity contribution >= 4 is 34.5 Å². The van der Waals surface area contributed by atoms with Crippen LogP contribution in [-0.2, 0) is 17.8 Å². The minimum Gasteiger partial charge on any atom is -0.325 e. The third kappa shape index (κ3) is 4.85. The summed E-state index contributed by atoms with van der Waals surface area (Å²) in [6.45, 7) is 2.34. The van der Waals surface area contributed by atoms with E-state index < -0.39 is 0 Å². The van der Waals surface area contributed by atoms with Crippen LogP contribution in [0.4, 0.5) is 5.69 Å². The average Bonchev–Trinajstić information content (AvgIpc) is 3.34. The number of aromatic nitrogens is 5. The number of hydrogen-bond donors (Lipinski definition) is 1. The van der Waals surface area contributed by atoms with Crippen LogP contribution in [0.2, 0.25) is 5.02 Å². The summed E-state index contributed by atoms with van der Waals surface area (Å²) in [7, 11) is 0. The second kappa shape index (κ2) is 8.50. The van der Waals surface area contributed by atoms with Gasteiger partial charge in [0.25, 0.3) is 0 Å². The molecule has 1 amide bonds. The van der Waals surface area contributed by atoms with Crippen LogP contribution in [0, 0.1) is 6.92 Å². The molecule has 0 fully saturated rings. The molecule has 0 aliphatic heterocycles. The van der Waals surface area contributed by atoms with Crippen molar-refractivity contribution in [2.75, 3.05) is 5.32 Å². The molecule has 0 saturated heterocycles. The molecule has 4 rings (SSSR count). The van der Waals surface area contributed by atoms with Gasteiger partial charge < -0.3 is 5.32 Å². The maximum absolute atomic E-state index is 12.3. The zero-order chi connectivity index (χ0) is 20.2. The third-order valence-corrected chi connectivity index (χ3v) is 5.34. The van der Waals surface area contributed by atoms with Gasteiger partial charge in [0.2, 0.25) is 11.7 Å². The first-order valence-electron chi connectivity index (χ1n) is 8.89. The highest BCUT2D eigenvalue weighted by atomic mass is 35.5. The van der Waals surface area contributed by atoms with Crippen LogP contribution in [0.15, 0.2) is 53.9 Å². The highest BCUT2D eigenvalue weighted by Gasteiger charge is 2.11. The third-order valence-electron chi connectivity index (χ3n) is 4.19. The van der Waals surface area contributed by atoms with Gasteiger partial charge in [-0.05, 0) is 48.0 Å². The number of benzene rings is 2. The summed E-state index contributed by atoms with van der Waals surface area (Å²) in [6.07, 6.45) is 0.222. The molecule has 2 aromatic carbocycles. The summed E-state index contributed by atoms with van der Waals surface area (Å²) in [5.74, 6) is 0.429. The largest absolute Gasteiger partial charge is 0.325 e. The number of para-hydroxylation sites is 1. The molecule has 146 valence electrons. The molecule has 0 unspecified atom stereocenters. The molecule has 29 heavy (non-hydrogen) atoms. The van der Waals surface area contributed by atoms with Gasteiger partial charge in [-0.15, -0.1) is 21.5 Å². The number of halogens is 1. The van der Waals surface area contributed by atoms with E-state index in [1.54, 1.807) is 12.1 Å². The number of carbonyl (C=O) groups excluding carboxylic acids is 1. The highest BCUT2D eigenvalue weighted by Crippen LogP contribution is 2.18. The molecule has 9 heteroatoms. The molecule has 0 bridgehead atoms. The van der Waals surface area contributed by atoms with Gasteiger partial charge in [0, 0.05) is 21.7 Å². The summed E-state index contributed by atoms with van der Waals surface area (Å²) >= 11 is 7.35. The van der Waals surface area contributed by atoms with Gasteiger partial charge in [-0.1, -0.05) is 29.8 Å². The Labute approximate surface area is 176 Å². The Bertz CT molecular complexity index is 1140. The smallest absolute Gasteiger partial charge is 0.231 e. The molecular formula is C20H17ClN6OS. The molecule has 0 radical (unpaired) electrons. The minimum atomic E-state index is -0.0934. The van der Waals surface area contributed by atoms with Gasteiger partial charge >= 0.3 is 0 Å². The van der Waals surface area contributed by atoms with Gasteiger partial charge in [-0.3, -0.25) is 4.79 Å². The number of carbonyl (C=O) groups is 1. The van der Waals surface area contributed by atoms with Gasteiger partial charge in [0.15, 0.2) is 0 Å². The Hall–Kier alpha value is -3.10. The maximum Gasteiger partial charge on any atom is 0.231 e. The fourth-order valence-electron chi connectivity index (χ4n) is 2.72. The molecular weight excluding hydrogens is 408 g/mol. The molecule has 2 heterocycles. The van der Waals surface area contributed by atoms with E-state index in [4.69, 9.17) is 11.6 Å². The highest BCUT2D eigenvalue weighted by molar-refractivity contribution is 7.09. The standard InChI is InChI=1S/C20H17ClN6OS/c1-13-4-2-3-5-17(13)23-18(28)10-19-22-16(12-29-19)11-27-25-20(24-26-27)14-6-8-15(21)9-7-14/h2-9,12H,10-11H2,1H3,(H,23,28). The van der Waals surface area contributed by atoms with Crippen molar-refractivity contribution < 1.29 is 4.79 Å². The van der Waals surface area contributed by atoms with Crippen molar-refractivity contribution in [2.24, 2.45) is 0 Å². The summed E-state index contributed by atoms with van der Waals surface area (Å²) in [6, 6.07) is 14.9. The van der Waals surface area contributed by atoms with Gasteiger partial charge in [-0.2, -0.15) is 4.80 Å². The summed E-state index contributed by atoms with van der Waals surface area (Å²) in [4.78, 5) is 18.3. The summed E-state index contributed by atoms with van der Waals surface area (Å²) < 4.78 is 0. The van der Waals surface area contributed by atoms with E-state index in [0.717, 1.165) is 27.5 Å². The van der Waals surface area contributed by atoms with Crippen molar-refractivity contribution in [3.05, 3.63) is 75.2 Å². The van der Waals surface area contributed by atoms with Crippen molar-refractivity contribution in [3.63, 3.8) is 0 Å². The van der Waals surface area contributed by atoms with E-state index in [1.165, 1.54) is 16.1 Å². The number of thiazole rings is 1. The van der Waals surface area contributed by atoms with Crippen LogP contribution < -0.4 is 5.32 Å². The Balaban J connectivity index is 1.37. The van der Waals surface area contributed by atoms with E-state index in [-0.39, 0.29) is 12.3 Å². The van der Waals surface area contributed by atoms with Crippen LogP contribution >= 0.6 is 22.9 Å². The number of amides is 1. The van der Waals surface area contributed by atoms with E-state index in [1.807, 2.05) is 48.7 Å². The van der Waals surface area contributed by atoms with Gasteiger partial charge in [0.05, 0.1) is 12.1 Å². The summed E-state index contributed by atoms with van der Waals surface area (Å²) in [5.41, 5.74) is 3.46. The lowest BCUT2D eigenvalue weighted by atomic mass is 10.2. The van der Waals surface area contributed by atoms with Crippen LogP contribution in [-0.4, -0.2) is 31.1 Å². The number of anilines is 1. The van der Waals surface area contributed by atoms with Crippen LogP contribution in [0.5, 0.6) is 0 Å². The number of tetrazole rings is 1. The number of nitrogens with one attached hydrogen (secondary N) is 1. The van der Waals surface area contributed by atoms with Crippen LogP contribution in [0.25, 0.3) is 11.4 Å². The fraction of sp³-hybridized carbons (Fsp3) is 0.150. The number of rotatable bonds is 6. The molecule has 2 aromatic heterocycles. The first-order valence-corrected chi connectivity index (χ1v) is 10.1. The topological polar surface area (TPSA) is 85.6 Å². The lowest BCUT2D eigenvalue weighted by Crippen LogP contribution is -2.15. The molecule has 1 N–H and O–H groups in total. The molecule has 0 atom stereocenters. The predicted molar refractivity (Wildman–Crippen MR) is 113 cm³/mol. The molecule has 0 spiro atoms. The predicted octanol–water partition coefficient (Wildman–Crippen LogP) is 3.99. The first-order chi connectivity index (χ1) is 14.1. The minimum absolute atomic E-state index is 0.0934. The normalized spacial score (nSPS) is 10.8. The van der Waals surface area contributed by atoms with Gasteiger partial charge in [0.1, 0.15) is 11.6 Å². The SMILES string of the molecule is Cc1ccccc1NC(=O)Cc1nc(Cn2nnc(-c3ccc(Cl)cc3)n2)cs1. The van der Waals surface area contributed by atoms with Gasteiger partial charge in [-0.25, -0.2) is 4.98 Å². The van der Waals surface area contributed by atoms with Crippen LogP contribution in [0.1, 0.15) is 16.3 Å².